The summed E-state index contributed by atoms with van der Waals surface area (Å²) in [4.78, 5) is 23.9. The molecule has 1 amide bonds. The number of aromatic nitrogens is 2. The second-order valence-electron chi connectivity index (χ2n) is 9.64. The van der Waals surface area contributed by atoms with Gasteiger partial charge in [-0.3, -0.25) is 9.78 Å². The molecule has 2 fully saturated rings. The molecule has 0 spiro atoms. The van der Waals surface area contributed by atoms with Crippen LogP contribution in [0.25, 0.3) is 0 Å². The van der Waals surface area contributed by atoms with Gasteiger partial charge in [-0.05, 0) is 86.7 Å². The summed E-state index contributed by atoms with van der Waals surface area (Å²) in [6.45, 7) is 3.32. The lowest BCUT2D eigenvalue weighted by Crippen LogP contribution is -2.48. The van der Waals surface area contributed by atoms with Crippen LogP contribution in [0, 0.1) is 5.82 Å². The number of nitrogens with one attached hydrogen (secondary N) is 3. The van der Waals surface area contributed by atoms with Crippen LogP contribution in [0.3, 0.4) is 0 Å². The van der Waals surface area contributed by atoms with Crippen LogP contribution in [0.1, 0.15) is 47.5 Å². The number of ether oxygens (including phenoxy) is 1. The maximum Gasteiger partial charge on any atom is 0.251 e. The Morgan fingerprint density at radius 3 is 2.68 bits per heavy atom. The van der Waals surface area contributed by atoms with Crippen molar-refractivity contribution in [3.8, 4) is 5.75 Å². The van der Waals surface area contributed by atoms with Crippen molar-refractivity contribution >= 4 is 23.2 Å². The summed E-state index contributed by atoms with van der Waals surface area (Å²) in [5.74, 6) is 1.96. The van der Waals surface area contributed by atoms with E-state index in [9.17, 15) is 9.18 Å². The highest BCUT2D eigenvalue weighted by Gasteiger charge is 2.24. The number of hydrogen-bond acceptors (Lipinski definition) is 7. The SMILES string of the molecule is COc1ccc(C(=O)N[C@@H]2CCCN(c3cncc(Nc4ccc(C5CCNCC5)c(F)c4)n3)C2)cc1. The Balaban J connectivity index is 1.21. The van der Waals surface area contributed by atoms with Crippen LogP contribution in [0.5, 0.6) is 5.75 Å². The van der Waals surface area contributed by atoms with Crippen molar-refractivity contribution < 1.29 is 13.9 Å². The number of amides is 1. The van der Waals surface area contributed by atoms with E-state index in [1.54, 1.807) is 43.8 Å². The van der Waals surface area contributed by atoms with E-state index in [1.807, 2.05) is 12.1 Å². The van der Waals surface area contributed by atoms with Crippen LogP contribution < -0.4 is 25.6 Å². The van der Waals surface area contributed by atoms with Crippen LogP contribution in [-0.4, -0.2) is 55.2 Å². The van der Waals surface area contributed by atoms with Crippen molar-refractivity contribution in [2.45, 2.75) is 37.6 Å². The zero-order valence-corrected chi connectivity index (χ0v) is 21.0. The minimum absolute atomic E-state index is 0.00149. The Bertz CT molecular complexity index is 1220. The number of hydrogen-bond donors (Lipinski definition) is 3. The van der Waals surface area contributed by atoms with Crippen LogP contribution in [0.4, 0.5) is 21.7 Å². The van der Waals surface area contributed by atoms with E-state index < -0.39 is 0 Å². The molecule has 8 nitrogen and oxygen atoms in total. The van der Waals surface area contributed by atoms with Gasteiger partial charge < -0.3 is 25.6 Å². The molecular weight excluding hydrogens is 471 g/mol. The van der Waals surface area contributed by atoms with Gasteiger partial charge in [0.1, 0.15) is 17.4 Å². The first kappa shape index (κ1) is 25.0. The van der Waals surface area contributed by atoms with Gasteiger partial charge in [0.05, 0.1) is 19.5 Å². The molecule has 0 radical (unpaired) electrons. The molecule has 2 aliphatic heterocycles. The van der Waals surface area contributed by atoms with Gasteiger partial charge in [0.25, 0.3) is 5.91 Å². The summed E-state index contributed by atoms with van der Waals surface area (Å²) in [5.41, 5.74) is 2.02. The number of methoxy groups -OCH3 is 1. The molecule has 0 aliphatic carbocycles. The highest BCUT2D eigenvalue weighted by molar-refractivity contribution is 5.94. The van der Waals surface area contributed by atoms with E-state index in [0.717, 1.165) is 56.7 Å². The molecule has 0 saturated carbocycles. The molecule has 2 aromatic carbocycles. The molecule has 0 unspecified atom stereocenters. The minimum Gasteiger partial charge on any atom is -0.497 e. The highest BCUT2D eigenvalue weighted by atomic mass is 19.1. The molecule has 2 saturated heterocycles. The minimum atomic E-state index is -0.188. The number of benzene rings is 2. The summed E-state index contributed by atoms with van der Waals surface area (Å²) < 4.78 is 20.0. The van der Waals surface area contributed by atoms with E-state index in [1.165, 1.54) is 6.07 Å². The van der Waals surface area contributed by atoms with Gasteiger partial charge in [-0.1, -0.05) is 6.07 Å². The van der Waals surface area contributed by atoms with Gasteiger partial charge in [-0.15, -0.1) is 0 Å². The molecule has 2 aliphatic rings. The standard InChI is InChI=1S/C28H33FN6O2/c1-37-23-7-4-20(5-8-23)28(36)33-22-3-2-14-35(18-22)27-17-31-16-26(34-27)32-21-6-9-24(25(29)15-21)19-10-12-30-13-11-19/h4-9,15-17,19,22,30H,2-3,10-14,18H2,1H3,(H,32,34)(H,33,36)/t22-/m1/s1. The third-order valence-electron chi connectivity index (χ3n) is 7.11. The zero-order chi connectivity index (χ0) is 25.6. The molecular formula is C28H33FN6O2. The molecule has 194 valence electrons. The number of piperidine rings is 2. The fraction of sp³-hybridized carbons (Fsp3) is 0.393. The predicted octanol–water partition coefficient (Wildman–Crippen LogP) is 4.23. The monoisotopic (exact) mass is 504 g/mol. The first-order chi connectivity index (χ1) is 18.1. The fourth-order valence-corrected chi connectivity index (χ4v) is 5.10. The van der Waals surface area contributed by atoms with Crippen LogP contribution >= 0.6 is 0 Å². The van der Waals surface area contributed by atoms with E-state index in [4.69, 9.17) is 9.72 Å². The highest BCUT2D eigenvalue weighted by Crippen LogP contribution is 2.30. The number of halogens is 1. The molecule has 1 atom stereocenters. The van der Waals surface area contributed by atoms with E-state index >= 15 is 0 Å². The molecule has 37 heavy (non-hydrogen) atoms. The lowest BCUT2D eigenvalue weighted by Gasteiger charge is -2.34. The van der Waals surface area contributed by atoms with Crippen molar-refractivity contribution in [3.63, 3.8) is 0 Å². The van der Waals surface area contributed by atoms with E-state index in [-0.39, 0.29) is 23.7 Å². The van der Waals surface area contributed by atoms with Crippen LogP contribution in [0.15, 0.2) is 54.9 Å². The summed E-state index contributed by atoms with van der Waals surface area (Å²) in [5, 5.41) is 9.66. The molecule has 1 aromatic heterocycles. The Kier molecular flexibility index (Phi) is 7.79. The average Bonchev–Trinajstić information content (AvgIpc) is 2.94. The number of nitrogens with zero attached hydrogens (tertiary/aromatic N) is 3. The largest absolute Gasteiger partial charge is 0.497 e. The second kappa shape index (κ2) is 11.6. The van der Waals surface area contributed by atoms with E-state index in [2.05, 4.69) is 25.8 Å². The molecule has 3 N–H and O–H groups in total. The number of rotatable bonds is 7. The quantitative estimate of drug-likeness (QED) is 0.444. The van der Waals surface area contributed by atoms with Crippen molar-refractivity contribution in [1.29, 1.82) is 0 Å². The lowest BCUT2D eigenvalue weighted by molar-refractivity contribution is 0.0933. The fourth-order valence-electron chi connectivity index (χ4n) is 5.10. The van der Waals surface area contributed by atoms with Gasteiger partial charge in [-0.25, -0.2) is 9.37 Å². The summed E-state index contributed by atoms with van der Waals surface area (Å²) in [6, 6.07) is 12.4. The summed E-state index contributed by atoms with van der Waals surface area (Å²) in [7, 11) is 1.60. The zero-order valence-electron chi connectivity index (χ0n) is 21.0. The molecule has 3 aromatic rings. The Morgan fingerprint density at radius 1 is 1.11 bits per heavy atom. The third-order valence-corrected chi connectivity index (χ3v) is 7.11. The maximum atomic E-state index is 14.9. The second-order valence-corrected chi connectivity index (χ2v) is 9.64. The Morgan fingerprint density at radius 2 is 1.92 bits per heavy atom. The van der Waals surface area contributed by atoms with Gasteiger partial charge >= 0.3 is 0 Å². The van der Waals surface area contributed by atoms with E-state index in [0.29, 0.717) is 29.4 Å². The van der Waals surface area contributed by atoms with Crippen molar-refractivity contribution in [2.24, 2.45) is 0 Å². The van der Waals surface area contributed by atoms with Gasteiger partial charge in [0.15, 0.2) is 5.82 Å². The van der Waals surface area contributed by atoms with Crippen molar-refractivity contribution in [1.82, 2.24) is 20.6 Å². The van der Waals surface area contributed by atoms with Crippen molar-refractivity contribution in [2.75, 3.05) is 43.5 Å². The molecule has 0 bridgehead atoms. The average molecular weight is 505 g/mol. The van der Waals surface area contributed by atoms with Crippen LogP contribution in [-0.2, 0) is 0 Å². The number of anilines is 3. The summed E-state index contributed by atoms with van der Waals surface area (Å²) in [6.07, 6.45) is 7.08. The van der Waals surface area contributed by atoms with Crippen LogP contribution in [0.2, 0.25) is 0 Å². The predicted molar refractivity (Wildman–Crippen MR) is 142 cm³/mol. The van der Waals surface area contributed by atoms with Gasteiger partial charge in [0.2, 0.25) is 0 Å². The third kappa shape index (κ3) is 6.17. The first-order valence-electron chi connectivity index (χ1n) is 12.9. The number of carbonyl (C=O) groups excluding carboxylic acids is 1. The Labute approximate surface area is 216 Å². The van der Waals surface area contributed by atoms with Crippen molar-refractivity contribution in [3.05, 3.63) is 71.8 Å². The maximum absolute atomic E-state index is 14.9. The molecule has 9 heteroatoms. The smallest absolute Gasteiger partial charge is 0.251 e. The molecule has 5 rings (SSSR count). The molecule has 3 heterocycles. The summed E-state index contributed by atoms with van der Waals surface area (Å²) >= 11 is 0. The lowest BCUT2D eigenvalue weighted by atomic mass is 9.90. The van der Waals surface area contributed by atoms with Gasteiger partial charge in [0, 0.05) is 30.4 Å². The number of carbonyl (C=O) groups is 1. The first-order valence-corrected chi connectivity index (χ1v) is 12.9. The normalized spacial score (nSPS) is 18.3. The topological polar surface area (TPSA) is 91.4 Å². The van der Waals surface area contributed by atoms with Gasteiger partial charge in [-0.2, -0.15) is 0 Å². The Hall–Kier alpha value is -3.72.